The van der Waals surface area contributed by atoms with E-state index in [9.17, 15) is 26.2 Å². The van der Waals surface area contributed by atoms with Gasteiger partial charge in [0.25, 0.3) is 0 Å². The van der Waals surface area contributed by atoms with Crippen LogP contribution in [-0.4, -0.2) is 53.8 Å². The van der Waals surface area contributed by atoms with Crippen molar-refractivity contribution in [1.29, 1.82) is 0 Å². The van der Waals surface area contributed by atoms with Gasteiger partial charge in [-0.15, -0.1) is 0 Å². The Bertz CT molecular complexity index is 1190. The van der Waals surface area contributed by atoms with E-state index in [2.05, 4.69) is 11.0 Å². The van der Waals surface area contributed by atoms with E-state index in [0.717, 1.165) is 43.9 Å². The van der Waals surface area contributed by atoms with Crippen LogP contribution in [0, 0.1) is 11.6 Å². The first-order chi connectivity index (χ1) is 16.4. The van der Waals surface area contributed by atoms with Gasteiger partial charge >= 0.3 is 6.18 Å². The van der Waals surface area contributed by atoms with Gasteiger partial charge in [-0.3, -0.25) is 4.90 Å². The van der Waals surface area contributed by atoms with Crippen LogP contribution in [0.5, 0.6) is 0 Å². The molecular weight excluding hydrogens is 491 g/mol. The summed E-state index contributed by atoms with van der Waals surface area (Å²) in [6.07, 6.45) is -3.33. The molecule has 3 heterocycles. The summed E-state index contributed by atoms with van der Waals surface area (Å²) < 4.78 is 90.2. The van der Waals surface area contributed by atoms with Crippen LogP contribution in [0.3, 0.4) is 0 Å². The van der Waals surface area contributed by atoms with Gasteiger partial charge in [0.2, 0.25) is 0 Å². The summed E-state index contributed by atoms with van der Waals surface area (Å²) in [6, 6.07) is 0.431. The highest BCUT2D eigenvalue weighted by Crippen LogP contribution is 2.42. The third kappa shape index (κ3) is 4.49. The first kappa shape index (κ1) is 24.7. The molecule has 192 valence electrons. The van der Waals surface area contributed by atoms with Crippen LogP contribution in [-0.2, 0) is 27.5 Å². The number of benzene rings is 1. The average Bonchev–Trinajstić information content (AvgIpc) is 3.51. The number of halogens is 5. The Kier molecular flexibility index (Phi) is 6.22. The number of fused-ring (bicyclic) bond motifs is 1. The van der Waals surface area contributed by atoms with Crippen molar-refractivity contribution in [2.24, 2.45) is 5.73 Å². The molecule has 6 nitrogen and oxygen atoms in total. The first-order valence-electron chi connectivity index (χ1n) is 11.6. The van der Waals surface area contributed by atoms with E-state index in [-0.39, 0.29) is 30.3 Å². The molecule has 5 rings (SSSR count). The van der Waals surface area contributed by atoms with Crippen molar-refractivity contribution in [3.8, 4) is 0 Å². The predicted molar refractivity (Wildman–Crippen MR) is 121 cm³/mol. The number of hydrogen-bond donors (Lipinski definition) is 1. The smallest absolute Gasteiger partial charge is 0.357 e. The molecule has 1 saturated carbocycles. The molecule has 5 atom stereocenters. The van der Waals surface area contributed by atoms with Crippen LogP contribution in [0.1, 0.15) is 55.0 Å². The van der Waals surface area contributed by atoms with Gasteiger partial charge in [-0.25, -0.2) is 13.0 Å². The van der Waals surface area contributed by atoms with Crippen molar-refractivity contribution in [3.63, 3.8) is 0 Å². The van der Waals surface area contributed by atoms with Gasteiger partial charge in [0.1, 0.15) is 17.7 Å². The maximum Gasteiger partial charge on any atom is 0.416 e. The molecule has 1 saturated heterocycles. The Morgan fingerprint density at radius 1 is 1.17 bits per heavy atom. The van der Waals surface area contributed by atoms with Gasteiger partial charge in [-0.1, -0.05) is 12.8 Å². The summed E-state index contributed by atoms with van der Waals surface area (Å²) in [4.78, 5) is 1.58. The van der Waals surface area contributed by atoms with Crippen LogP contribution in [0.4, 0.5) is 22.0 Å². The molecule has 1 aromatic heterocycles. The van der Waals surface area contributed by atoms with E-state index < -0.39 is 51.8 Å². The second kappa shape index (κ2) is 8.82. The van der Waals surface area contributed by atoms with Gasteiger partial charge in [-0.05, 0) is 43.3 Å². The summed E-state index contributed by atoms with van der Waals surface area (Å²) >= 11 is 0. The van der Waals surface area contributed by atoms with Crippen molar-refractivity contribution >= 4 is 15.6 Å². The summed E-state index contributed by atoms with van der Waals surface area (Å²) in [6.45, 7) is 0.261. The Balaban J connectivity index is 1.37. The van der Waals surface area contributed by atoms with Crippen molar-refractivity contribution in [1.82, 2.24) is 14.1 Å². The molecular formula is C23H27F5N4O2S. The second-order valence-electron chi connectivity index (χ2n) is 9.66. The fourth-order valence-electron chi connectivity index (χ4n) is 5.50. The zero-order valence-corrected chi connectivity index (χ0v) is 19.7. The lowest BCUT2D eigenvalue weighted by Crippen LogP contribution is -2.58. The summed E-state index contributed by atoms with van der Waals surface area (Å²) in [5.74, 6) is 2.26. The molecule has 12 heteroatoms. The lowest BCUT2D eigenvalue weighted by atomic mass is 9.89. The van der Waals surface area contributed by atoms with Crippen LogP contribution in [0.2, 0.25) is 0 Å². The monoisotopic (exact) mass is 518 g/mol. The molecule has 2 fully saturated rings. The summed E-state index contributed by atoms with van der Waals surface area (Å²) in [5, 5.41) is 4.38. The van der Waals surface area contributed by atoms with E-state index in [1.807, 2.05) is 0 Å². The van der Waals surface area contributed by atoms with Gasteiger partial charge < -0.3 is 10.5 Å². The van der Waals surface area contributed by atoms with Crippen LogP contribution in [0.25, 0.3) is 0 Å². The molecule has 0 bridgehead atoms. The predicted octanol–water partition coefficient (Wildman–Crippen LogP) is 3.69. The topological polar surface area (TPSA) is 73.4 Å². The number of ether oxygens (including phenoxy) is 1. The Hall–Kier alpha value is -2.02. The normalized spacial score (nSPS) is 29.9. The van der Waals surface area contributed by atoms with E-state index in [1.165, 1.54) is 4.09 Å². The lowest BCUT2D eigenvalue weighted by molar-refractivity contribution is -0.269. The number of nitrogens with two attached hydrogens (primary N) is 1. The molecule has 1 aliphatic carbocycles. The van der Waals surface area contributed by atoms with E-state index in [4.69, 9.17) is 10.5 Å². The number of nitrogens with zero attached hydrogens (tertiary/aromatic N) is 3. The van der Waals surface area contributed by atoms with Crippen molar-refractivity contribution in [3.05, 3.63) is 52.9 Å². The number of hydrogen-bond acceptors (Lipinski definition) is 5. The number of rotatable bonds is 4. The molecule has 1 aromatic carbocycles. The maximum absolute atomic E-state index is 14.3. The zero-order chi connectivity index (χ0) is 25.1. The van der Waals surface area contributed by atoms with E-state index >= 15 is 0 Å². The van der Waals surface area contributed by atoms with Gasteiger partial charge in [-0.2, -0.15) is 22.4 Å². The maximum atomic E-state index is 14.3. The molecule has 2 aliphatic heterocycles. The van der Waals surface area contributed by atoms with Gasteiger partial charge in [0.05, 0.1) is 15.4 Å². The summed E-state index contributed by atoms with van der Waals surface area (Å²) in [5.41, 5.74) is 7.06. The Morgan fingerprint density at radius 2 is 1.89 bits per heavy atom. The molecule has 0 spiro atoms. The minimum atomic E-state index is -4.75. The highest BCUT2D eigenvalue weighted by Gasteiger charge is 2.54. The molecule has 2 N–H and O–H groups in total. The fourth-order valence-corrected chi connectivity index (χ4v) is 7.42. The highest BCUT2D eigenvalue weighted by molar-refractivity contribution is 7.99. The Labute approximate surface area is 200 Å². The van der Waals surface area contributed by atoms with Crippen LogP contribution in [0.15, 0.2) is 24.4 Å². The minimum Gasteiger partial charge on any atom is -0.357 e. The van der Waals surface area contributed by atoms with Crippen molar-refractivity contribution in [2.45, 2.75) is 80.9 Å². The Morgan fingerprint density at radius 3 is 2.54 bits per heavy atom. The highest BCUT2D eigenvalue weighted by atomic mass is 32.2. The largest absolute Gasteiger partial charge is 0.416 e. The molecule has 1 unspecified atom stereocenters. The lowest BCUT2D eigenvalue weighted by Gasteiger charge is -2.44. The molecule has 0 amide bonds. The molecule has 35 heavy (non-hydrogen) atoms. The third-order valence-electron chi connectivity index (χ3n) is 7.32. The molecule has 0 radical (unpaired) electrons. The van der Waals surface area contributed by atoms with Crippen molar-refractivity contribution in [2.75, 3.05) is 0 Å². The first-order valence-corrected chi connectivity index (χ1v) is 13.3. The third-order valence-corrected chi connectivity index (χ3v) is 9.66. The van der Waals surface area contributed by atoms with Crippen molar-refractivity contribution < 1.29 is 30.9 Å². The molecule has 2 aromatic rings. The summed E-state index contributed by atoms with van der Waals surface area (Å²) in [7, 11) is -2.65. The standard InChI is InChI=1S/C23H27F5N4O2S/c1-35(33,15-4-2-3-5-15)32-11-13-10-31(12-19(13)30-32)20-9-18(29)21(34-22(20)23(26,27)28)16-8-14(24)6-7-17(16)25/h6-8,11,15,18,20-22H,1-5,9-10,12,29H2/t18-,20+,21+,22-,35?/m0/s1. The quantitative estimate of drug-likeness (QED) is 0.494. The second-order valence-corrected chi connectivity index (χ2v) is 12.1. The fraction of sp³-hybridized carbons (Fsp3) is 0.565. The SMILES string of the molecule is C=S(=O)(C1CCCC1)n1cc2c(n1)CN([C@@H]1C[C@H](N)[C@@H](c3cc(F)ccc3F)O[C@@H]1C(F)(F)F)C2. The zero-order valence-electron chi connectivity index (χ0n) is 18.9. The number of alkyl halides is 3. The minimum absolute atomic E-state index is 0.0573. The van der Waals surface area contributed by atoms with Crippen LogP contribution >= 0.6 is 0 Å². The van der Waals surface area contributed by atoms with Gasteiger partial charge in [0.15, 0.2) is 6.10 Å². The molecule has 3 aliphatic rings. The van der Waals surface area contributed by atoms with E-state index in [0.29, 0.717) is 11.3 Å². The number of aromatic nitrogens is 2. The van der Waals surface area contributed by atoms with Crippen LogP contribution < -0.4 is 5.73 Å². The van der Waals surface area contributed by atoms with E-state index in [1.54, 1.807) is 11.1 Å². The average molecular weight is 519 g/mol. The van der Waals surface area contributed by atoms with Gasteiger partial charge in [0, 0.05) is 47.7 Å².